The van der Waals surface area contributed by atoms with Gasteiger partial charge < -0.3 is 13.7 Å². The van der Waals surface area contributed by atoms with Gasteiger partial charge in [0.05, 0.1) is 5.69 Å². The molecule has 3 heteroatoms. The summed E-state index contributed by atoms with van der Waals surface area (Å²) >= 11 is 0. The number of hydrogen-bond acceptors (Lipinski definition) is 3. The summed E-state index contributed by atoms with van der Waals surface area (Å²) in [6, 6.07) is 62.7. The third-order valence-corrected chi connectivity index (χ3v) is 10.9. The van der Waals surface area contributed by atoms with Gasteiger partial charge in [-0.1, -0.05) is 127 Å². The van der Waals surface area contributed by atoms with Crippen LogP contribution in [0.4, 0.5) is 17.1 Å². The van der Waals surface area contributed by atoms with E-state index in [1.54, 1.807) is 0 Å². The van der Waals surface area contributed by atoms with Crippen LogP contribution in [0.1, 0.15) is 11.3 Å². The van der Waals surface area contributed by atoms with Crippen molar-refractivity contribution in [3.63, 3.8) is 0 Å². The van der Waals surface area contributed by atoms with E-state index < -0.39 is 0 Å². The van der Waals surface area contributed by atoms with Gasteiger partial charge in [-0.25, -0.2) is 0 Å². The first kappa shape index (κ1) is 30.5. The van der Waals surface area contributed by atoms with E-state index in [1.165, 1.54) is 26.8 Å². The van der Waals surface area contributed by atoms with Crippen LogP contribution in [0.25, 0.3) is 78.1 Å². The summed E-state index contributed by atoms with van der Waals surface area (Å²) < 4.78 is 13.1. The molecule has 0 unspecified atom stereocenters. The van der Waals surface area contributed by atoms with Gasteiger partial charge in [0.2, 0.25) is 0 Å². The molecule has 8 aromatic carbocycles. The van der Waals surface area contributed by atoms with Gasteiger partial charge in [0.25, 0.3) is 0 Å². The van der Waals surface area contributed by atoms with Gasteiger partial charge in [-0.15, -0.1) is 0 Å². The molecule has 0 saturated heterocycles. The van der Waals surface area contributed by atoms with Crippen molar-refractivity contribution in [2.75, 3.05) is 4.90 Å². The van der Waals surface area contributed by atoms with E-state index in [4.69, 9.17) is 8.83 Å². The van der Waals surface area contributed by atoms with Gasteiger partial charge >= 0.3 is 0 Å². The Bertz CT molecular complexity index is 3220. The van der Waals surface area contributed by atoms with Crippen LogP contribution in [-0.2, 0) is 6.42 Å². The minimum atomic E-state index is 0.740. The molecule has 0 atom stereocenters. The van der Waals surface area contributed by atoms with Crippen molar-refractivity contribution in [2.45, 2.75) is 6.42 Å². The lowest BCUT2D eigenvalue weighted by atomic mass is 9.95. The molecule has 0 aliphatic heterocycles. The van der Waals surface area contributed by atoms with E-state index in [0.717, 1.165) is 84.4 Å². The molecule has 0 fully saturated rings. The van der Waals surface area contributed by atoms with E-state index in [9.17, 15) is 0 Å². The average Bonchev–Trinajstić information content (AvgIpc) is 3.72. The Labute approximate surface area is 312 Å². The molecule has 11 rings (SSSR count). The van der Waals surface area contributed by atoms with Gasteiger partial charge in [0.15, 0.2) is 0 Å². The predicted octanol–water partition coefficient (Wildman–Crippen LogP) is 12.5. The molecule has 54 heavy (non-hydrogen) atoms. The van der Waals surface area contributed by atoms with Gasteiger partial charge in [-0.3, -0.25) is 0 Å². The Kier molecular flexibility index (Phi) is 6.93. The zero-order chi connectivity index (χ0) is 35.6. The lowest BCUT2D eigenvalue weighted by Gasteiger charge is -2.28. The number of rotatable bonds is 5. The summed E-state index contributed by atoms with van der Waals surface area (Å²) in [5.41, 5.74) is 11.5. The maximum Gasteiger partial charge on any atom is 0.137 e. The highest BCUT2D eigenvalue weighted by atomic mass is 16.3. The molecule has 0 radical (unpaired) electrons. The second-order valence-corrected chi connectivity index (χ2v) is 14.0. The van der Waals surface area contributed by atoms with Crippen LogP contribution in [0.5, 0.6) is 0 Å². The van der Waals surface area contributed by atoms with Crippen molar-refractivity contribution in [2.24, 2.45) is 0 Å². The number of nitrogens with zero attached hydrogens (tertiary/aromatic N) is 1. The second-order valence-electron chi connectivity index (χ2n) is 14.0. The monoisotopic (exact) mass is 691 g/mol. The minimum Gasteiger partial charge on any atom is -0.460 e. The summed E-state index contributed by atoms with van der Waals surface area (Å²) in [6.07, 6.45) is 5.31. The zero-order valence-electron chi connectivity index (χ0n) is 29.4. The van der Waals surface area contributed by atoms with Crippen molar-refractivity contribution < 1.29 is 8.83 Å². The van der Waals surface area contributed by atoms with E-state index in [-0.39, 0.29) is 0 Å². The first-order chi connectivity index (χ1) is 26.7. The first-order valence-corrected chi connectivity index (χ1v) is 18.5. The first-order valence-electron chi connectivity index (χ1n) is 18.5. The topological polar surface area (TPSA) is 29.5 Å². The maximum absolute atomic E-state index is 6.62. The third-order valence-electron chi connectivity index (χ3n) is 10.9. The van der Waals surface area contributed by atoms with Gasteiger partial charge in [-0.2, -0.15) is 0 Å². The van der Waals surface area contributed by atoms with Crippen LogP contribution in [0, 0.1) is 0 Å². The lowest BCUT2D eigenvalue weighted by Crippen LogP contribution is -2.22. The zero-order valence-corrected chi connectivity index (χ0v) is 29.4. The van der Waals surface area contributed by atoms with Crippen LogP contribution < -0.4 is 15.3 Å². The van der Waals surface area contributed by atoms with E-state index in [2.05, 4.69) is 181 Å². The lowest BCUT2D eigenvalue weighted by molar-refractivity contribution is 0.568. The van der Waals surface area contributed by atoms with E-state index in [0.29, 0.717) is 0 Å². The molecular weight excluding hydrogens is 659 g/mol. The smallest absolute Gasteiger partial charge is 0.137 e. The molecule has 3 nitrogen and oxygen atoms in total. The van der Waals surface area contributed by atoms with Crippen molar-refractivity contribution in [1.29, 1.82) is 0 Å². The summed E-state index contributed by atoms with van der Waals surface area (Å²) in [7, 11) is 0. The van der Waals surface area contributed by atoms with Crippen molar-refractivity contribution >= 4 is 72.9 Å². The van der Waals surface area contributed by atoms with Gasteiger partial charge in [-0.05, 0) is 92.5 Å². The van der Waals surface area contributed by atoms with Crippen LogP contribution in [0.15, 0.2) is 185 Å². The van der Waals surface area contributed by atoms with Crippen LogP contribution in [-0.4, -0.2) is 0 Å². The minimum absolute atomic E-state index is 0.740. The Hall–Kier alpha value is -7.10. The molecule has 0 bridgehead atoms. The van der Waals surface area contributed by atoms with Gasteiger partial charge in [0.1, 0.15) is 22.5 Å². The highest BCUT2D eigenvalue weighted by molar-refractivity contribution is 6.08. The SMILES string of the molecule is C1=c2ccccc2=Cc2c(oc3cccc(-c4ccccc4N(c4cccc(-c5ccc6ccccc6c5)c4)c4ccc5c(c4)oc4ccccc45)c23)C1. The highest BCUT2D eigenvalue weighted by Crippen LogP contribution is 2.46. The number of anilines is 3. The Balaban J connectivity index is 1.14. The van der Waals surface area contributed by atoms with Crippen molar-refractivity contribution in [3.05, 3.63) is 198 Å². The Morgan fingerprint density at radius 2 is 1.17 bits per heavy atom. The molecule has 254 valence electrons. The van der Waals surface area contributed by atoms with Crippen LogP contribution >= 0.6 is 0 Å². The van der Waals surface area contributed by atoms with E-state index in [1.807, 2.05) is 12.1 Å². The molecule has 1 aliphatic carbocycles. The summed E-state index contributed by atoms with van der Waals surface area (Å²) in [5, 5.41) is 8.24. The van der Waals surface area contributed by atoms with Crippen molar-refractivity contribution in [1.82, 2.24) is 0 Å². The fourth-order valence-electron chi connectivity index (χ4n) is 8.31. The number of benzene rings is 8. The van der Waals surface area contributed by atoms with Crippen LogP contribution in [0.2, 0.25) is 0 Å². The summed E-state index contributed by atoms with van der Waals surface area (Å²) in [6.45, 7) is 0. The molecule has 0 N–H and O–H groups in total. The maximum atomic E-state index is 6.62. The second kappa shape index (κ2) is 12.3. The van der Waals surface area contributed by atoms with Gasteiger partial charge in [0, 0.05) is 51.1 Å². The molecule has 1 aliphatic rings. The Morgan fingerprint density at radius 1 is 0.444 bits per heavy atom. The molecule has 0 spiro atoms. The largest absolute Gasteiger partial charge is 0.460 e. The number of fused-ring (bicyclic) bond motifs is 8. The molecule has 2 aromatic heterocycles. The van der Waals surface area contributed by atoms with Crippen LogP contribution in [0.3, 0.4) is 0 Å². The molecule has 0 saturated carbocycles. The molecule has 0 amide bonds. The quantitative estimate of drug-likeness (QED) is 0.180. The molecule has 2 heterocycles. The number of hydrogen-bond donors (Lipinski definition) is 0. The average molecular weight is 692 g/mol. The highest BCUT2D eigenvalue weighted by Gasteiger charge is 2.23. The molecular formula is C51H33NO2. The standard InChI is InChI=1S/C51H33NO2/c1-3-13-35-29-38(24-23-33(35)11-1)36-15-9-16-39(30-36)52(40-26-27-43-42-18-6-8-21-47(42)54-50(43)32-40)46-20-7-5-17-41(46)44-19-10-22-49-51(44)45-31-37-14-4-2-12-34(37)25-28-48(45)53-49/h1-27,29-32H,28H2. The molecule has 10 aromatic rings. The summed E-state index contributed by atoms with van der Waals surface area (Å²) in [4.78, 5) is 2.37. The fraction of sp³-hybridized carbons (Fsp3) is 0.0196. The fourth-order valence-corrected chi connectivity index (χ4v) is 8.31. The third kappa shape index (κ3) is 4.97. The number of para-hydroxylation sites is 2. The normalized spacial score (nSPS) is 12.3. The Morgan fingerprint density at radius 3 is 2.13 bits per heavy atom. The summed E-state index contributed by atoms with van der Waals surface area (Å²) in [5.74, 6) is 0.987. The predicted molar refractivity (Wildman–Crippen MR) is 224 cm³/mol. The number of furan rings is 2. The van der Waals surface area contributed by atoms with Crippen molar-refractivity contribution in [3.8, 4) is 22.3 Å². The van der Waals surface area contributed by atoms with E-state index >= 15 is 0 Å².